The fourth-order valence-electron chi connectivity index (χ4n) is 0.315. The van der Waals surface area contributed by atoms with Crippen LogP contribution < -0.4 is 0 Å². The molecule has 0 heterocycles. The summed E-state index contributed by atoms with van der Waals surface area (Å²) in [6.45, 7) is 2.65. The molecule has 1 nitrogen and oxygen atoms in total. The molecule has 0 aliphatic heterocycles. The Morgan fingerprint density at radius 2 is 2.11 bits per heavy atom. The van der Waals surface area contributed by atoms with Crippen LogP contribution in [0, 0.1) is 0 Å². The Bertz CT molecular complexity index is 113. The summed E-state index contributed by atoms with van der Waals surface area (Å²) in [4.78, 5) is -2.42. The lowest BCUT2D eigenvalue weighted by molar-refractivity contribution is 0.354. The van der Waals surface area contributed by atoms with Crippen LogP contribution in [0.2, 0.25) is 0 Å². The standard InChI is InChI=1S/C4H9Cl2OPS/c1-2-3-4-7-8(5,6)9/h2-4H2,1H3. The summed E-state index contributed by atoms with van der Waals surface area (Å²) in [5.74, 6) is 0. The lowest BCUT2D eigenvalue weighted by Gasteiger charge is -2.04. The van der Waals surface area contributed by atoms with Crippen molar-refractivity contribution in [2.45, 2.75) is 19.8 Å². The normalized spacial score (nSPS) is 11.9. The summed E-state index contributed by atoms with van der Waals surface area (Å²) in [7, 11) is 0. The third-order valence-corrected chi connectivity index (χ3v) is 2.12. The molecule has 0 aromatic carbocycles. The number of halogens is 2. The lowest BCUT2D eigenvalue weighted by Crippen LogP contribution is -1.84. The van der Waals surface area contributed by atoms with Crippen LogP contribution in [0.15, 0.2) is 0 Å². The molecular formula is C4H9Cl2OPS. The molecule has 56 valence electrons. The first-order valence-electron chi connectivity index (χ1n) is 2.70. The van der Waals surface area contributed by atoms with Crippen LogP contribution in [0.3, 0.4) is 0 Å². The molecule has 0 unspecified atom stereocenters. The second-order valence-electron chi connectivity index (χ2n) is 1.60. The third kappa shape index (κ3) is 9.19. The highest BCUT2D eigenvalue weighted by molar-refractivity contribution is 8.36. The van der Waals surface area contributed by atoms with Crippen molar-refractivity contribution < 1.29 is 4.52 Å². The second-order valence-corrected chi connectivity index (χ2v) is 8.81. The molecule has 0 aliphatic rings. The number of rotatable bonds is 4. The Hall–Kier alpha value is 1.19. The van der Waals surface area contributed by atoms with Crippen molar-refractivity contribution in [3.8, 4) is 0 Å². The SMILES string of the molecule is CCCCOP(=S)(Cl)Cl. The van der Waals surface area contributed by atoms with E-state index in [-0.39, 0.29) is 0 Å². The summed E-state index contributed by atoms with van der Waals surface area (Å²) in [6, 6.07) is 0. The molecule has 0 amide bonds. The molecular weight excluding hydrogens is 198 g/mol. The fourth-order valence-corrected chi connectivity index (χ4v) is 1.29. The van der Waals surface area contributed by atoms with Crippen LogP contribution in [0.1, 0.15) is 19.8 Å². The first-order chi connectivity index (χ1) is 4.06. The van der Waals surface area contributed by atoms with Gasteiger partial charge in [-0.25, -0.2) is 0 Å². The van der Waals surface area contributed by atoms with Gasteiger partial charge in [-0.2, -0.15) is 0 Å². The Labute approximate surface area is 70.3 Å². The minimum atomic E-state index is -2.42. The quantitative estimate of drug-likeness (QED) is 0.515. The molecule has 0 rings (SSSR count). The van der Waals surface area contributed by atoms with E-state index in [1.165, 1.54) is 0 Å². The highest BCUT2D eigenvalue weighted by Crippen LogP contribution is 2.57. The lowest BCUT2D eigenvalue weighted by atomic mass is 10.4. The smallest absolute Gasteiger partial charge is 0.240 e. The predicted octanol–water partition coefficient (Wildman–Crippen LogP) is 3.51. The highest BCUT2D eigenvalue weighted by Gasteiger charge is 2.06. The molecule has 0 spiro atoms. The molecule has 0 aromatic heterocycles. The number of unbranched alkanes of at least 4 members (excludes halogenated alkanes) is 1. The van der Waals surface area contributed by atoms with E-state index < -0.39 is 4.97 Å². The Morgan fingerprint density at radius 1 is 1.56 bits per heavy atom. The van der Waals surface area contributed by atoms with E-state index in [1.807, 2.05) is 0 Å². The maximum Gasteiger partial charge on any atom is 0.240 e. The van der Waals surface area contributed by atoms with Crippen molar-refractivity contribution in [2.75, 3.05) is 6.61 Å². The van der Waals surface area contributed by atoms with Crippen LogP contribution in [0.4, 0.5) is 0 Å². The topological polar surface area (TPSA) is 9.23 Å². The van der Waals surface area contributed by atoms with Crippen molar-refractivity contribution in [1.29, 1.82) is 0 Å². The molecule has 0 radical (unpaired) electrons. The van der Waals surface area contributed by atoms with Crippen LogP contribution in [-0.4, -0.2) is 6.61 Å². The number of hydrogen-bond acceptors (Lipinski definition) is 2. The van der Waals surface area contributed by atoms with Gasteiger partial charge in [-0.3, -0.25) is 0 Å². The molecule has 0 atom stereocenters. The first-order valence-corrected chi connectivity index (χ1v) is 7.23. The molecule has 0 saturated carbocycles. The molecule has 0 saturated heterocycles. The van der Waals surface area contributed by atoms with E-state index >= 15 is 0 Å². The second kappa shape index (κ2) is 4.92. The van der Waals surface area contributed by atoms with E-state index in [4.69, 9.17) is 27.0 Å². The van der Waals surface area contributed by atoms with Crippen LogP contribution in [0.5, 0.6) is 0 Å². The Kier molecular flexibility index (Phi) is 5.57. The monoisotopic (exact) mass is 206 g/mol. The average molecular weight is 207 g/mol. The van der Waals surface area contributed by atoms with Gasteiger partial charge < -0.3 is 4.52 Å². The first kappa shape index (κ1) is 10.2. The van der Waals surface area contributed by atoms with Gasteiger partial charge in [0.1, 0.15) is 0 Å². The molecule has 9 heavy (non-hydrogen) atoms. The van der Waals surface area contributed by atoms with Gasteiger partial charge >= 0.3 is 0 Å². The van der Waals surface area contributed by atoms with Crippen molar-refractivity contribution in [3.05, 3.63) is 0 Å². The van der Waals surface area contributed by atoms with Gasteiger partial charge in [0.05, 0.1) is 6.61 Å². The van der Waals surface area contributed by atoms with Crippen LogP contribution >= 0.6 is 27.5 Å². The average Bonchev–Trinajstić information content (AvgIpc) is 1.63. The Morgan fingerprint density at radius 3 is 2.44 bits per heavy atom. The van der Waals surface area contributed by atoms with Gasteiger partial charge in [0.2, 0.25) is 4.97 Å². The molecule has 0 bridgehead atoms. The van der Waals surface area contributed by atoms with Gasteiger partial charge in [-0.05, 0) is 40.7 Å². The summed E-state index contributed by atoms with van der Waals surface area (Å²) < 4.78 is 4.93. The van der Waals surface area contributed by atoms with Crippen molar-refractivity contribution in [1.82, 2.24) is 0 Å². The van der Waals surface area contributed by atoms with Gasteiger partial charge in [0.25, 0.3) is 0 Å². The van der Waals surface area contributed by atoms with E-state index in [0.717, 1.165) is 12.8 Å². The van der Waals surface area contributed by atoms with Crippen molar-refractivity contribution >= 4 is 39.3 Å². The van der Waals surface area contributed by atoms with Crippen molar-refractivity contribution in [2.24, 2.45) is 0 Å². The maximum absolute atomic E-state index is 5.44. The van der Waals surface area contributed by atoms with E-state index in [0.29, 0.717) is 6.61 Å². The van der Waals surface area contributed by atoms with E-state index in [2.05, 4.69) is 18.7 Å². The summed E-state index contributed by atoms with van der Waals surface area (Å²) in [6.07, 6.45) is 2.04. The maximum atomic E-state index is 5.44. The summed E-state index contributed by atoms with van der Waals surface area (Å²) >= 11 is 15.5. The minimum absolute atomic E-state index is 0.584. The van der Waals surface area contributed by atoms with Gasteiger partial charge in [0.15, 0.2) is 0 Å². The van der Waals surface area contributed by atoms with Gasteiger partial charge in [-0.1, -0.05) is 13.3 Å². The molecule has 0 aliphatic carbocycles. The zero-order valence-corrected chi connectivity index (χ0v) is 8.36. The predicted molar refractivity (Wildman–Crippen MR) is 46.9 cm³/mol. The van der Waals surface area contributed by atoms with Crippen LogP contribution in [0.25, 0.3) is 0 Å². The Balaban J connectivity index is 3.18. The third-order valence-electron chi connectivity index (χ3n) is 0.739. The van der Waals surface area contributed by atoms with E-state index in [9.17, 15) is 0 Å². The van der Waals surface area contributed by atoms with Gasteiger partial charge in [0, 0.05) is 0 Å². The zero-order valence-electron chi connectivity index (χ0n) is 5.14. The summed E-state index contributed by atoms with van der Waals surface area (Å²) in [5, 5.41) is 0. The van der Waals surface area contributed by atoms with Gasteiger partial charge in [-0.15, -0.1) is 0 Å². The molecule has 0 aromatic rings. The van der Waals surface area contributed by atoms with Crippen molar-refractivity contribution in [3.63, 3.8) is 0 Å². The van der Waals surface area contributed by atoms with Crippen LogP contribution in [-0.2, 0) is 16.3 Å². The molecule has 0 fully saturated rings. The summed E-state index contributed by atoms with van der Waals surface area (Å²) in [5.41, 5.74) is 0. The molecule has 5 heteroatoms. The zero-order chi connectivity index (χ0) is 7.33. The molecule has 0 N–H and O–H groups in total. The highest BCUT2D eigenvalue weighted by atomic mass is 35.9. The number of hydrogen-bond donors (Lipinski definition) is 0. The fraction of sp³-hybridized carbons (Fsp3) is 1.00. The minimum Gasteiger partial charge on any atom is -0.327 e. The van der Waals surface area contributed by atoms with E-state index in [1.54, 1.807) is 0 Å². The largest absolute Gasteiger partial charge is 0.327 e.